The average Bonchev–Trinajstić information content (AvgIpc) is 3.33. The minimum atomic E-state index is 0.548. The van der Waals surface area contributed by atoms with Crippen molar-refractivity contribution < 1.29 is 0 Å². The van der Waals surface area contributed by atoms with Gasteiger partial charge in [-0.2, -0.15) is 9.61 Å². The zero-order chi connectivity index (χ0) is 25.9. The number of hydrogen-bond acceptors (Lipinski definition) is 4. The predicted octanol–water partition coefficient (Wildman–Crippen LogP) is 7.80. The maximum Gasteiger partial charge on any atom is 0.172 e. The van der Waals surface area contributed by atoms with Crippen molar-refractivity contribution in [1.29, 1.82) is 0 Å². The summed E-state index contributed by atoms with van der Waals surface area (Å²) in [6, 6.07) is 29.4. The van der Waals surface area contributed by atoms with Crippen LogP contribution in [0, 0.1) is 5.92 Å². The first kappa shape index (κ1) is 25.1. The third-order valence-corrected chi connectivity index (χ3v) is 8.08. The summed E-state index contributed by atoms with van der Waals surface area (Å²) in [6.07, 6.45) is 4.20. The van der Waals surface area contributed by atoms with Crippen LogP contribution in [-0.2, 0) is 6.54 Å². The smallest absolute Gasteiger partial charge is 0.172 e. The molecule has 38 heavy (non-hydrogen) atoms. The average molecular weight is 587 g/mol. The summed E-state index contributed by atoms with van der Waals surface area (Å²) in [4.78, 5) is 7.42. The second-order valence-corrected chi connectivity index (χ2v) is 11.2. The number of nitrogens with zero attached hydrogens (tertiary/aromatic N) is 4. The molecule has 0 spiro atoms. The number of halogens is 2. The van der Waals surface area contributed by atoms with Crippen molar-refractivity contribution >= 4 is 39.0 Å². The van der Waals surface area contributed by atoms with Crippen LogP contribution in [0.15, 0.2) is 95.6 Å². The molecule has 3 heterocycles. The van der Waals surface area contributed by atoms with Crippen LogP contribution in [0.3, 0.4) is 0 Å². The molecule has 0 radical (unpaired) electrons. The molecular weight excluding hydrogens is 558 g/mol. The fourth-order valence-corrected chi connectivity index (χ4v) is 5.90. The molecule has 3 aromatic carbocycles. The van der Waals surface area contributed by atoms with Gasteiger partial charge in [-0.05, 0) is 70.1 Å². The van der Waals surface area contributed by atoms with Crippen LogP contribution < -0.4 is 5.32 Å². The fourth-order valence-electron chi connectivity index (χ4n) is 5.32. The Bertz CT molecular complexity index is 1550. The van der Waals surface area contributed by atoms with E-state index in [1.165, 1.54) is 29.5 Å². The number of nitrogens with one attached hydrogen (secondary N) is 1. The summed E-state index contributed by atoms with van der Waals surface area (Å²) in [6.45, 7) is 4.05. The Balaban J connectivity index is 1.16. The zero-order valence-corrected chi connectivity index (χ0v) is 23.4. The highest BCUT2D eigenvalue weighted by Crippen LogP contribution is 2.31. The maximum atomic E-state index is 6.50. The molecule has 5 nitrogen and oxygen atoms in total. The number of benzene rings is 3. The van der Waals surface area contributed by atoms with Gasteiger partial charge in [-0.3, -0.25) is 4.90 Å². The summed E-state index contributed by atoms with van der Waals surface area (Å²) in [5, 5.41) is 8.92. The largest absolute Gasteiger partial charge is 0.370 e. The van der Waals surface area contributed by atoms with Gasteiger partial charge in [-0.25, -0.2) is 4.98 Å². The van der Waals surface area contributed by atoms with Crippen molar-refractivity contribution in [3.8, 4) is 22.4 Å². The number of fused-ring (bicyclic) bond motifs is 1. The molecule has 7 heteroatoms. The molecule has 0 bridgehead atoms. The molecule has 1 unspecified atom stereocenters. The van der Waals surface area contributed by atoms with E-state index in [1.807, 2.05) is 34.8 Å². The summed E-state index contributed by atoms with van der Waals surface area (Å²) in [5.41, 5.74) is 6.42. The third kappa shape index (κ3) is 5.48. The van der Waals surface area contributed by atoms with E-state index in [0.717, 1.165) is 53.4 Å². The molecule has 2 aromatic heterocycles. The molecule has 1 saturated heterocycles. The highest BCUT2D eigenvalue weighted by molar-refractivity contribution is 9.10. The quantitative estimate of drug-likeness (QED) is 0.211. The van der Waals surface area contributed by atoms with Crippen molar-refractivity contribution in [3.05, 3.63) is 106 Å². The Morgan fingerprint density at radius 3 is 2.63 bits per heavy atom. The molecule has 192 valence electrons. The number of anilines is 1. The lowest BCUT2D eigenvalue weighted by Gasteiger charge is -2.33. The lowest BCUT2D eigenvalue weighted by Crippen LogP contribution is -2.37. The van der Waals surface area contributed by atoms with Gasteiger partial charge in [0.05, 0.1) is 16.4 Å². The number of aromatic nitrogens is 3. The van der Waals surface area contributed by atoms with Crippen LogP contribution in [0.5, 0.6) is 0 Å². The van der Waals surface area contributed by atoms with E-state index in [9.17, 15) is 0 Å². The van der Waals surface area contributed by atoms with Gasteiger partial charge in [0.2, 0.25) is 0 Å². The SMILES string of the molecule is Clc1ccccc1-c1cc(NCC2CCCN(Cc3cccc(-c4ccccc4)c3)C2)n2ncc(Br)c2n1. The normalized spacial score (nSPS) is 16.1. The van der Waals surface area contributed by atoms with E-state index in [4.69, 9.17) is 16.6 Å². The second kappa shape index (κ2) is 11.3. The third-order valence-electron chi connectivity index (χ3n) is 7.19. The van der Waals surface area contributed by atoms with Crippen LogP contribution in [0.2, 0.25) is 5.02 Å². The number of rotatable bonds is 7. The molecule has 1 aliphatic rings. The lowest BCUT2D eigenvalue weighted by molar-refractivity contribution is 0.173. The number of piperidine rings is 1. The first-order valence-corrected chi connectivity index (χ1v) is 14.2. The molecule has 0 amide bonds. The summed E-state index contributed by atoms with van der Waals surface area (Å²) in [7, 11) is 0. The molecule has 1 aliphatic heterocycles. The Kier molecular flexibility index (Phi) is 7.45. The fraction of sp³-hybridized carbons (Fsp3) is 0.226. The minimum Gasteiger partial charge on any atom is -0.370 e. The van der Waals surface area contributed by atoms with Crippen LogP contribution in [0.25, 0.3) is 28.0 Å². The highest BCUT2D eigenvalue weighted by Gasteiger charge is 2.21. The molecule has 1 atom stereocenters. The van der Waals surface area contributed by atoms with E-state index >= 15 is 0 Å². The van der Waals surface area contributed by atoms with Gasteiger partial charge in [0, 0.05) is 36.3 Å². The predicted molar refractivity (Wildman–Crippen MR) is 160 cm³/mol. The Morgan fingerprint density at radius 2 is 1.76 bits per heavy atom. The van der Waals surface area contributed by atoms with Crippen molar-refractivity contribution in [3.63, 3.8) is 0 Å². The highest BCUT2D eigenvalue weighted by atomic mass is 79.9. The van der Waals surface area contributed by atoms with Gasteiger partial charge in [-0.1, -0.05) is 78.3 Å². The topological polar surface area (TPSA) is 45.5 Å². The molecule has 6 rings (SSSR count). The van der Waals surface area contributed by atoms with Crippen molar-refractivity contribution in [2.24, 2.45) is 5.92 Å². The monoisotopic (exact) mass is 585 g/mol. The molecule has 1 fully saturated rings. The van der Waals surface area contributed by atoms with E-state index in [2.05, 4.69) is 85.8 Å². The van der Waals surface area contributed by atoms with Gasteiger partial charge in [0.15, 0.2) is 5.65 Å². The minimum absolute atomic E-state index is 0.548. The molecule has 0 aliphatic carbocycles. The molecular formula is C31H29BrClN5. The zero-order valence-electron chi connectivity index (χ0n) is 21.0. The van der Waals surface area contributed by atoms with Gasteiger partial charge in [0.1, 0.15) is 5.82 Å². The second-order valence-electron chi connectivity index (χ2n) is 9.93. The van der Waals surface area contributed by atoms with Crippen molar-refractivity contribution in [1.82, 2.24) is 19.5 Å². The lowest BCUT2D eigenvalue weighted by atomic mass is 9.97. The summed E-state index contributed by atoms with van der Waals surface area (Å²) >= 11 is 10.1. The van der Waals surface area contributed by atoms with Gasteiger partial charge in [-0.15, -0.1) is 0 Å². The van der Waals surface area contributed by atoms with Crippen LogP contribution >= 0.6 is 27.5 Å². The van der Waals surface area contributed by atoms with Crippen LogP contribution in [-0.4, -0.2) is 39.1 Å². The molecule has 1 N–H and O–H groups in total. The van der Waals surface area contributed by atoms with Gasteiger partial charge in [0.25, 0.3) is 0 Å². The van der Waals surface area contributed by atoms with E-state index < -0.39 is 0 Å². The van der Waals surface area contributed by atoms with Crippen molar-refractivity contribution in [2.45, 2.75) is 19.4 Å². The van der Waals surface area contributed by atoms with Crippen LogP contribution in [0.1, 0.15) is 18.4 Å². The molecule has 5 aromatic rings. The van der Waals surface area contributed by atoms with Gasteiger partial charge < -0.3 is 5.32 Å². The van der Waals surface area contributed by atoms with Crippen LogP contribution in [0.4, 0.5) is 5.82 Å². The summed E-state index contributed by atoms with van der Waals surface area (Å²) < 4.78 is 2.72. The first-order chi connectivity index (χ1) is 18.6. The van der Waals surface area contributed by atoms with E-state index in [1.54, 1.807) is 6.20 Å². The number of likely N-dealkylation sites (tertiary alicyclic amines) is 1. The molecule has 0 saturated carbocycles. The van der Waals surface area contributed by atoms with Crippen molar-refractivity contribution in [2.75, 3.05) is 25.0 Å². The maximum absolute atomic E-state index is 6.50. The van der Waals surface area contributed by atoms with E-state index in [-0.39, 0.29) is 0 Å². The standard InChI is InChI=1S/C31H29BrClN5/c32-27-19-35-38-30(17-29(36-31(27)38)26-13-4-5-14-28(26)33)34-18-23-9-7-15-37(21-23)20-22-8-6-12-25(16-22)24-10-2-1-3-11-24/h1-6,8,10-14,16-17,19,23,34H,7,9,15,18,20-21H2. The van der Waals surface area contributed by atoms with Gasteiger partial charge >= 0.3 is 0 Å². The number of hydrogen-bond donors (Lipinski definition) is 1. The Labute approximate surface area is 236 Å². The Hall–Kier alpha value is -3.19. The van der Waals surface area contributed by atoms with E-state index in [0.29, 0.717) is 10.9 Å². The first-order valence-electron chi connectivity index (χ1n) is 13.0. The summed E-state index contributed by atoms with van der Waals surface area (Å²) in [5.74, 6) is 1.47. The Morgan fingerprint density at radius 1 is 0.947 bits per heavy atom.